The van der Waals surface area contributed by atoms with Crippen LogP contribution in [0.15, 0.2) is 30.3 Å². The van der Waals surface area contributed by atoms with Crippen molar-refractivity contribution < 1.29 is 71.2 Å². The predicted octanol–water partition coefficient (Wildman–Crippen LogP) is -1.10. The monoisotopic (exact) mass is 290 g/mol. The van der Waals surface area contributed by atoms with E-state index in [2.05, 4.69) is 5.10 Å². The van der Waals surface area contributed by atoms with E-state index in [0.717, 1.165) is 5.56 Å². The molecule has 0 aliphatic carbocycles. The van der Waals surface area contributed by atoms with Crippen molar-refractivity contribution in [3.63, 3.8) is 0 Å². The molecule has 0 amide bonds. The molecule has 0 unspecified atom stereocenters. The van der Waals surface area contributed by atoms with Gasteiger partial charge in [-0.05, 0) is 12.5 Å². The minimum atomic E-state index is -1.35. The van der Waals surface area contributed by atoms with E-state index in [1.807, 2.05) is 30.3 Å². The van der Waals surface area contributed by atoms with Gasteiger partial charge < -0.3 is 10.6 Å². The average Bonchev–Trinajstić information content (AvgIpc) is 2.59. The van der Waals surface area contributed by atoms with Crippen molar-refractivity contribution in [2.45, 2.75) is 13.5 Å². The van der Waals surface area contributed by atoms with Gasteiger partial charge in [-0.15, -0.1) is 0 Å². The molecule has 0 saturated heterocycles. The summed E-state index contributed by atoms with van der Waals surface area (Å²) in [4.78, 5) is 10.7. The molecule has 0 spiro atoms. The zero-order chi connectivity index (χ0) is 12.4. The molecule has 2 aromatic rings. The number of halogens is 1. The van der Waals surface area contributed by atoms with E-state index in [1.165, 1.54) is 11.6 Å². The average molecular weight is 290 g/mol. The molecule has 1 aromatic carbocycles. The summed E-state index contributed by atoms with van der Waals surface area (Å²) in [6, 6.07) is 9.35. The Morgan fingerprint density at radius 2 is 1.95 bits per heavy atom. The first-order valence-corrected chi connectivity index (χ1v) is 5.09. The molecule has 5 nitrogen and oxygen atoms in total. The number of hydrogen-bond donors (Lipinski definition) is 1. The summed E-state index contributed by atoms with van der Waals surface area (Å²) in [5.74, 6) is -2.12. The second-order valence-electron chi connectivity index (χ2n) is 3.70. The fraction of sp³-hybridized carbons (Fsp3) is 0.167. The molecule has 96 valence electrons. The first-order valence-electron chi connectivity index (χ1n) is 5.09. The number of rotatable bonds is 3. The predicted molar refractivity (Wildman–Crippen MR) is 61.4 cm³/mol. The minimum absolute atomic E-state index is 0. The van der Waals surface area contributed by atoms with Crippen LogP contribution in [0, 0.1) is 12.7 Å². The summed E-state index contributed by atoms with van der Waals surface area (Å²) in [7, 11) is 0. The first kappa shape index (κ1) is 18.4. The normalized spacial score (nSPS) is 9.37. The fourth-order valence-electron chi connectivity index (χ4n) is 1.57. The van der Waals surface area contributed by atoms with Crippen molar-refractivity contribution in [2.75, 3.05) is 0 Å². The maximum atomic E-state index is 13.5. The van der Waals surface area contributed by atoms with Crippen molar-refractivity contribution in [2.24, 2.45) is 0 Å². The van der Waals surface area contributed by atoms with Gasteiger partial charge in [-0.25, -0.2) is 9.18 Å². The van der Waals surface area contributed by atoms with Crippen molar-refractivity contribution >= 4 is 5.97 Å². The third-order valence-electron chi connectivity index (χ3n) is 2.51. The fourth-order valence-corrected chi connectivity index (χ4v) is 1.57. The van der Waals surface area contributed by atoms with Gasteiger partial charge in [0, 0.05) is 0 Å². The van der Waals surface area contributed by atoms with Gasteiger partial charge in [0.15, 0.2) is 5.82 Å². The molecule has 19 heavy (non-hydrogen) atoms. The van der Waals surface area contributed by atoms with E-state index in [1.54, 1.807) is 0 Å². The first-order chi connectivity index (χ1) is 8.09. The quantitative estimate of drug-likeness (QED) is 0.728. The zero-order valence-electron chi connectivity index (χ0n) is 10.7. The van der Waals surface area contributed by atoms with Gasteiger partial charge in [0.2, 0.25) is 5.69 Å². The molecule has 0 atom stereocenters. The minimum Gasteiger partial charge on any atom is -0.870 e. The van der Waals surface area contributed by atoms with Crippen molar-refractivity contribution in [1.29, 1.82) is 0 Å². The summed E-state index contributed by atoms with van der Waals surface area (Å²) in [5, 5.41) is 12.5. The van der Waals surface area contributed by atoms with Crippen LogP contribution in [-0.2, 0) is 6.54 Å². The van der Waals surface area contributed by atoms with Crippen LogP contribution in [0.5, 0.6) is 0 Å². The Morgan fingerprint density at radius 3 is 2.42 bits per heavy atom. The standard InChI is InChI=1S/C12H11FN2O2.K.H2O/c1-8-10(13)11(12(16)17)14-15(8)7-9-5-3-2-4-6-9;;/h2-6H,7H2,1H3,(H,16,17);;1H2/q;+1;/p-1. The Labute approximate surface area is 152 Å². The molecule has 1 aromatic heterocycles. The number of aromatic nitrogens is 2. The molecular formula is C12H12FKN2O3. The smallest absolute Gasteiger partial charge is 0.870 e. The van der Waals surface area contributed by atoms with E-state index in [9.17, 15) is 9.18 Å². The summed E-state index contributed by atoms with van der Waals surface area (Å²) in [5.41, 5.74) is 0.639. The van der Waals surface area contributed by atoms with Gasteiger partial charge >= 0.3 is 57.4 Å². The maximum Gasteiger partial charge on any atom is 1.00 e. The van der Waals surface area contributed by atoms with Crippen molar-refractivity contribution in [3.05, 3.63) is 53.1 Å². The topological polar surface area (TPSA) is 85.1 Å². The number of benzene rings is 1. The van der Waals surface area contributed by atoms with Crippen LogP contribution in [0.25, 0.3) is 0 Å². The Morgan fingerprint density at radius 1 is 1.37 bits per heavy atom. The van der Waals surface area contributed by atoms with Gasteiger partial charge in [-0.1, -0.05) is 30.3 Å². The van der Waals surface area contributed by atoms with Gasteiger partial charge in [0.1, 0.15) is 0 Å². The van der Waals surface area contributed by atoms with Crippen LogP contribution in [0.2, 0.25) is 0 Å². The third kappa shape index (κ3) is 4.20. The second kappa shape index (κ2) is 7.88. The molecule has 7 heteroatoms. The number of aromatic carboxylic acids is 1. The molecule has 0 radical (unpaired) electrons. The Balaban J connectivity index is 0.00000162. The van der Waals surface area contributed by atoms with Crippen LogP contribution < -0.4 is 51.4 Å². The number of carboxylic acid groups (broad SMARTS) is 1. The number of carboxylic acids is 1. The molecule has 2 rings (SSSR count). The largest absolute Gasteiger partial charge is 1.00 e. The van der Waals surface area contributed by atoms with Crippen LogP contribution in [0.3, 0.4) is 0 Å². The molecule has 0 aliphatic heterocycles. The number of nitrogens with zero attached hydrogens (tertiary/aromatic N) is 2. The molecular weight excluding hydrogens is 278 g/mol. The van der Waals surface area contributed by atoms with E-state index in [0.29, 0.717) is 6.54 Å². The van der Waals surface area contributed by atoms with Crippen LogP contribution in [0.4, 0.5) is 4.39 Å². The zero-order valence-corrected chi connectivity index (χ0v) is 13.8. The third-order valence-corrected chi connectivity index (χ3v) is 2.51. The Kier molecular flexibility index (Phi) is 7.64. The summed E-state index contributed by atoms with van der Waals surface area (Å²) >= 11 is 0. The number of carbonyl (C=O) groups is 1. The summed E-state index contributed by atoms with van der Waals surface area (Å²) in [6.07, 6.45) is 0. The summed E-state index contributed by atoms with van der Waals surface area (Å²) in [6.45, 7) is 1.87. The van der Waals surface area contributed by atoms with Gasteiger partial charge in [-0.3, -0.25) is 4.68 Å². The van der Waals surface area contributed by atoms with Gasteiger partial charge in [0.05, 0.1) is 12.2 Å². The molecule has 0 bridgehead atoms. The molecule has 2 N–H and O–H groups in total. The van der Waals surface area contributed by atoms with E-state index in [-0.39, 0.29) is 62.6 Å². The number of hydrogen-bond acceptors (Lipinski definition) is 3. The molecule has 0 aliphatic rings. The summed E-state index contributed by atoms with van der Waals surface area (Å²) < 4.78 is 14.9. The molecule has 0 saturated carbocycles. The van der Waals surface area contributed by atoms with Crippen LogP contribution in [0.1, 0.15) is 21.7 Å². The van der Waals surface area contributed by atoms with Gasteiger partial charge in [-0.2, -0.15) is 5.10 Å². The van der Waals surface area contributed by atoms with Crippen LogP contribution in [-0.4, -0.2) is 26.3 Å². The van der Waals surface area contributed by atoms with E-state index in [4.69, 9.17) is 5.11 Å². The maximum absolute atomic E-state index is 13.5. The van der Waals surface area contributed by atoms with E-state index < -0.39 is 17.5 Å². The SMILES string of the molecule is Cc1c(F)c(C(=O)O)nn1Cc1ccccc1.[K+].[OH-]. The van der Waals surface area contributed by atoms with E-state index >= 15 is 0 Å². The van der Waals surface area contributed by atoms with Gasteiger partial charge in [0.25, 0.3) is 0 Å². The van der Waals surface area contributed by atoms with Crippen molar-refractivity contribution in [3.8, 4) is 0 Å². The van der Waals surface area contributed by atoms with Crippen molar-refractivity contribution in [1.82, 2.24) is 9.78 Å². The molecule has 0 fully saturated rings. The molecule has 1 heterocycles. The Hall–Kier alpha value is -0.574. The van der Waals surface area contributed by atoms with Crippen LogP contribution >= 0.6 is 0 Å². The second-order valence-corrected chi connectivity index (χ2v) is 3.70. The Bertz CT molecular complexity index is 558.